The van der Waals surface area contributed by atoms with Gasteiger partial charge in [0.15, 0.2) is 11.5 Å². The average Bonchev–Trinajstić information content (AvgIpc) is 2.73. The van der Waals surface area contributed by atoms with Crippen molar-refractivity contribution in [1.82, 2.24) is 0 Å². The van der Waals surface area contributed by atoms with Gasteiger partial charge in [-0.05, 0) is 66.1 Å². The molecule has 0 saturated carbocycles. The van der Waals surface area contributed by atoms with Gasteiger partial charge in [0.1, 0.15) is 12.4 Å². The molecule has 0 bridgehead atoms. The molecule has 3 aromatic carbocycles. The predicted molar refractivity (Wildman–Crippen MR) is 121 cm³/mol. The molecule has 0 aliphatic carbocycles. The Morgan fingerprint density at radius 3 is 2.43 bits per heavy atom. The van der Waals surface area contributed by atoms with Crippen LogP contribution in [0.2, 0.25) is 5.02 Å². The molecule has 0 saturated heterocycles. The lowest BCUT2D eigenvalue weighted by Crippen LogP contribution is -2.01. The molecule has 3 nitrogen and oxygen atoms in total. The first-order chi connectivity index (χ1) is 14.5. The van der Waals surface area contributed by atoms with Gasteiger partial charge in [-0.2, -0.15) is 5.26 Å². The van der Waals surface area contributed by atoms with Gasteiger partial charge in [0, 0.05) is 4.47 Å². The van der Waals surface area contributed by atoms with E-state index in [1.165, 1.54) is 12.1 Å². The van der Waals surface area contributed by atoms with Gasteiger partial charge in [-0.15, -0.1) is 0 Å². The lowest BCUT2D eigenvalue weighted by Gasteiger charge is -2.15. The van der Waals surface area contributed by atoms with Crippen molar-refractivity contribution in [2.45, 2.75) is 13.5 Å². The Balaban J connectivity index is 1.90. The summed E-state index contributed by atoms with van der Waals surface area (Å²) in [5, 5.41) is 9.95. The van der Waals surface area contributed by atoms with Gasteiger partial charge in [-0.1, -0.05) is 51.8 Å². The maximum absolute atomic E-state index is 13.1. The molecule has 0 aliphatic heterocycles. The van der Waals surface area contributed by atoms with Crippen LogP contribution in [-0.4, -0.2) is 6.61 Å². The quantitative estimate of drug-likeness (QED) is 0.260. The number of hydrogen-bond donors (Lipinski definition) is 0. The molecule has 0 heterocycles. The van der Waals surface area contributed by atoms with Crippen LogP contribution in [0.15, 0.2) is 65.1 Å². The Hall–Kier alpha value is -2.81. The highest BCUT2D eigenvalue weighted by Gasteiger charge is 2.13. The first-order valence-corrected chi connectivity index (χ1v) is 10.4. The molecule has 30 heavy (non-hydrogen) atoms. The smallest absolute Gasteiger partial charge is 0.180 e. The summed E-state index contributed by atoms with van der Waals surface area (Å²) >= 11 is 9.87. The maximum Gasteiger partial charge on any atom is 0.180 e. The van der Waals surface area contributed by atoms with Crippen LogP contribution in [0, 0.1) is 17.1 Å². The third-order valence-electron chi connectivity index (χ3n) is 4.21. The van der Waals surface area contributed by atoms with Gasteiger partial charge < -0.3 is 9.47 Å². The monoisotopic (exact) mass is 485 g/mol. The van der Waals surface area contributed by atoms with Crippen LogP contribution in [0.5, 0.6) is 11.5 Å². The first-order valence-electron chi connectivity index (χ1n) is 9.21. The molecule has 0 fully saturated rings. The summed E-state index contributed by atoms with van der Waals surface area (Å²) in [4.78, 5) is 0. The van der Waals surface area contributed by atoms with E-state index in [2.05, 4.69) is 22.0 Å². The van der Waals surface area contributed by atoms with E-state index in [1.807, 2.05) is 31.2 Å². The maximum atomic E-state index is 13.1. The van der Waals surface area contributed by atoms with Crippen LogP contribution in [-0.2, 0) is 6.61 Å². The van der Waals surface area contributed by atoms with E-state index < -0.39 is 0 Å². The zero-order valence-electron chi connectivity index (χ0n) is 16.2. The molecule has 6 heteroatoms. The van der Waals surface area contributed by atoms with Gasteiger partial charge >= 0.3 is 0 Å². The zero-order valence-corrected chi connectivity index (χ0v) is 18.5. The van der Waals surface area contributed by atoms with E-state index in [4.69, 9.17) is 21.1 Å². The minimum Gasteiger partial charge on any atom is -0.490 e. The van der Waals surface area contributed by atoms with Crippen LogP contribution in [0.4, 0.5) is 4.39 Å². The Morgan fingerprint density at radius 1 is 1.10 bits per heavy atom. The molecule has 0 unspecified atom stereocenters. The molecule has 0 radical (unpaired) electrons. The number of halogens is 3. The third kappa shape index (κ3) is 5.63. The molecule has 152 valence electrons. The van der Waals surface area contributed by atoms with Crippen LogP contribution in [0.3, 0.4) is 0 Å². The first kappa shape index (κ1) is 21.9. The fourth-order valence-electron chi connectivity index (χ4n) is 2.79. The van der Waals surface area contributed by atoms with Gasteiger partial charge in [0.25, 0.3) is 0 Å². The summed E-state index contributed by atoms with van der Waals surface area (Å²) in [6, 6.07) is 19.3. The van der Waals surface area contributed by atoms with Crippen molar-refractivity contribution >= 4 is 39.2 Å². The molecule has 3 rings (SSSR count). The van der Waals surface area contributed by atoms with E-state index in [0.717, 1.165) is 21.2 Å². The Labute approximate surface area is 188 Å². The number of nitrogens with zero attached hydrogens (tertiary/aromatic N) is 1. The Kier molecular flexibility index (Phi) is 7.51. The topological polar surface area (TPSA) is 42.2 Å². The summed E-state index contributed by atoms with van der Waals surface area (Å²) in [6.07, 6.45) is 1.75. The van der Waals surface area contributed by atoms with E-state index >= 15 is 0 Å². The highest BCUT2D eigenvalue weighted by molar-refractivity contribution is 9.10. The van der Waals surface area contributed by atoms with Gasteiger partial charge in [0.05, 0.1) is 23.3 Å². The molecule has 0 amide bonds. The number of allylic oxidation sites excluding steroid dienone is 1. The number of hydrogen-bond acceptors (Lipinski definition) is 3. The zero-order chi connectivity index (χ0) is 21.5. The third-order valence-corrected chi connectivity index (χ3v) is 5.02. The second-order valence-corrected chi connectivity index (χ2v) is 7.68. The molecular weight excluding hydrogens is 469 g/mol. The lowest BCUT2D eigenvalue weighted by atomic mass is 10.0. The summed E-state index contributed by atoms with van der Waals surface area (Å²) in [6.45, 7) is 2.51. The van der Waals surface area contributed by atoms with Crippen molar-refractivity contribution in [3.05, 3.63) is 92.7 Å². The SMILES string of the molecule is CCOc1cc(/C=C(\C#N)c2ccc(Br)cc2)cc(Cl)c1OCc1ccc(F)cc1. The summed E-state index contributed by atoms with van der Waals surface area (Å²) in [5.74, 6) is 0.579. The van der Waals surface area contributed by atoms with Crippen molar-refractivity contribution in [1.29, 1.82) is 5.26 Å². The second-order valence-electron chi connectivity index (χ2n) is 6.35. The second kappa shape index (κ2) is 10.3. The molecule has 0 aliphatic rings. The Morgan fingerprint density at radius 2 is 1.80 bits per heavy atom. The largest absolute Gasteiger partial charge is 0.490 e. The number of rotatable bonds is 7. The fraction of sp³-hybridized carbons (Fsp3) is 0.125. The van der Waals surface area contributed by atoms with Gasteiger partial charge in [-0.3, -0.25) is 0 Å². The van der Waals surface area contributed by atoms with Crippen molar-refractivity contribution < 1.29 is 13.9 Å². The predicted octanol–water partition coefficient (Wildman–Crippen LogP) is 7.28. The molecule has 0 atom stereocenters. The molecule has 3 aromatic rings. The summed E-state index contributed by atoms with van der Waals surface area (Å²) < 4.78 is 25.6. The number of ether oxygens (including phenoxy) is 2. The highest BCUT2D eigenvalue weighted by atomic mass is 79.9. The molecule has 0 N–H and O–H groups in total. The summed E-state index contributed by atoms with van der Waals surface area (Å²) in [7, 11) is 0. The lowest BCUT2D eigenvalue weighted by molar-refractivity contribution is 0.269. The minimum atomic E-state index is -0.304. The summed E-state index contributed by atoms with van der Waals surface area (Å²) in [5.41, 5.74) is 2.82. The van der Waals surface area contributed by atoms with Crippen molar-refractivity contribution in [2.75, 3.05) is 6.61 Å². The van der Waals surface area contributed by atoms with E-state index in [0.29, 0.717) is 28.7 Å². The van der Waals surface area contributed by atoms with Crippen LogP contribution < -0.4 is 9.47 Å². The Bertz CT molecular complexity index is 1090. The molecule has 0 aromatic heterocycles. The number of nitriles is 1. The average molecular weight is 487 g/mol. The fourth-order valence-corrected chi connectivity index (χ4v) is 3.32. The van der Waals surface area contributed by atoms with E-state index in [1.54, 1.807) is 30.3 Å². The van der Waals surface area contributed by atoms with E-state index in [9.17, 15) is 9.65 Å². The molecular formula is C24H18BrClFNO2. The molecule has 0 spiro atoms. The van der Waals surface area contributed by atoms with Crippen LogP contribution >= 0.6 is 27.5 Å². The standard InChI is InChI=1S/C24H18BrClFNO2/c1-2-29-23-13-17(11-19(14-28)18-5-7-20(25)8-6-18)12-22(26)24(23)30-15-16-3-9-21(27)10-4-16/h3-13H,2,15H2,1H3/b19-11+. The number of benzene rings is 3. The van der Waals surface area contributed by atoms with Crippen molar-refractivity contribution in [2.24, 2.45) is 0 Å². The minimum absolute atomic E-state index is 0.220. The normalized spacial score (nSPS) is 11.1. The van der Waals surface area contributed by atoms with E-state index in [-0.39, 0.29) is 12.4 Å². The van der Waals surface area contributed by atoms with Gasteiger partial charge in [-0.25, -0.2) is 4.39 Å². The van der Waals surface area contributed by atoms with Crippen LogP contribution in [0.25, 0.3) is 11.6 Å². The van der Waals surface area contributed by atoms with Crippen molar-refractivity contribution in [3.63, 3.8) is 0 Å². The highest BCUT2D eigenvalue weighted by Crippen LogP contribution is 2.38. The van der Waals surface area contributed by atoms with Crippen LogP contribution in [0.1, 0.15) is 23.6 Å². The van der Waals surface area contributed by atoms with Gasteiger partial charge in [0.2, 0.25) is 0 Å². The van der Waals surface area contributed by atoms with Crippen molar-refractivity contribution in [3.8, 4) is 17.6 Å².